The predicted octanol–water partition coefficient (Wildman–Crippen LogP) is 8.96. The summed E-state index contributed by atoms with van der Waals surface area (Å²) in [6.07, 6.45) is -6.16. The van der Waals surface area contributed by atoms with E-state index in [1.807, 2.05) is 45.0 Å². The van der Waals surface area contributed by atoms with Gasteiger partial charge in [0.05, 0.1) is 21.7 Å². The van der Waals surface area contributed by atoms with Crippen molar-refractivity contribution in [2.45, 2.75) is 97.9 Å². The van der Waals surface area contributed by atoms with Gasteiger partial charge in [0, 0.05) is 0 Å². The Morgan fingerprint density at radius 2 is 1.24 bits per heavy atom. The van der Waals surface area contributed by atoms with Crippen molar-refractivity contribution in [3.63, 3.8) is 0 Å². The van der Waals surface area contributed by atoms with E-state index in [-0.39, 0.29) is 60.5 Å². The fraction of sp³-hybridized carbons (Fsp3) is 0.500. The molecule has 0 aliphatic heterocycles. The van der Waals surface area contributed by atoms with Crippen LogP contribution in [-0.2, 0) is 40.1 Å². The molecule has 4 aliphatic carbocycles. The van der Waals surface area contributed by atoms with Crippen LogP contribution in [0.15, 0.2) is 99.6 Å². The lowest BCUT2D eigenvalue weighted by atomic mass is 9.49. The van der Waals surface area contributed by atoms with E-state index < -0.39 is 44.5 Å². The van der Waals surface area contributed by atoms with Crippen LogP contribution >= 0.6 is 0 Å². The highest BCUT2D eigenvalue weighted by Crippen LogP contribution is 2.61. The van der Waals surface area contributed by atoms with Crippen molar-refractivity contribution in [3.8, 4) is 5.75 Å². The summed E-state index contributed by atoms with van der Waals surface area (Å²) < 4.78 is 113. The average Bonchev–Trinajstić information content (AvgIpc) is 3.12. The zero-order chi connectivity index (χ0) is 40.2. The fourth-order valence-electron chi connectivity index (χ4n) is 7.88. The van der Waals surface area contributed by atoms with E-state index in [0.29, 0.717) is 6.61 Å². The number of rotatable bonds is 13. The zero-order valence-corrected chi connectivity index (χ0v) is 32.4. The fourth-order valence-corrected chi connectivity index (χ4v) is 10.4. The van der Waals surface area contributed by atoms with Crippen molar-refractivity contribution in [2.24, 2.45) is 28.6 Å². The molecule has 7 rings (SSSR count). The van der Waals surface area contributed by atoms with Crippen molar-refractivity contribution in [1.82, 2.24) is 0 Å². The molecule has 0 radical (unpaired) electrons. The number of halogens is 5. The van der Waals surface area contributed by atoms with Crippen molar-refractivity contribution < 1.29 is 58.7 Å². The number of hydrogen-bond acceptors (Lipinski definition) is 8. The molecule has 0 spiro atoms. The predicted molar refractivity (Wildman–Crippen MR) is 193 cm³/mol. The molecule has 0 N–H and O–H groups in total. The van der Waals surface area contributed by atoms with Gasteiger partial charge < -0.3 is 18.8 Å². The van der Waals surface area contributed by atoms with Crippen molar-refractivity contribution in [2.75, 3.05) is 13.2 Å². The van der Waals surface area contributed by atoms with Gasteiger partial charge in [-0.3, -0.25) is 9.59 Å². The SMILES string of the molecule is CCC(C)(C)C(=O)OCCOc1ccc([S+](c2ccccc2)c2ccccc2)cc1.O=C(OC(C(F)(F)F)C(F)(F)S(=O)(=O)[O-])C12CC3CC(CC(C3)C1)C2. The van der Waals surface area contributed by atoms with Crippen LogP contribution in [0, 0.1) is 28.6 Å². The summed E-state index contributed by atoms with van der Waals surface area (Å²) in [6.45, 7) is 6.37. The van der Waals surface area contributed by atoms with Gasteiger partial charge in [0.2, 0.25) is 0 Å². The molecule has 1 atom stereocenters. The summed E-state index contributed by atoms with van der Waals surface area (Å²) in [7, 11) is -6.84. The first kappa shape index (κ1) is 42.5. The van der Waals surface area contributed by atoms with Gasteiger partial charge in [0.25, 0.3) is 6.10 Å². The van der Waals surface area contributed by atoms with E-state index in [9.17, 15) is 44.5 Å². The third kappa shape index (κ3) is 10.0. The van der Waals surface area contributed by atoms with Gasteiger partial charge in [-0.15, -0.1) is 0 Å². The van der Waals surface area contributed by atoms with Crippen molar-refractivity contribution in [1.29, 1.82) is 0 Å². The Hall–Kier alpha value is -3.69. The van der Waals surface area contributed by atoms with Crippen LogP contribution in [-0.4, -0.2) is 55.7 Å². The van der Waals surface area contributed by atoms with Crippen molar-refractivity contribution >= 4 is 33.0 Å². The summed E-state index contributed by atoms with van der Waals surface area (Å²) in [5, 5.41) is -5.79. The highest BCUT2D eigenvalue weighted by Gasteiger charge is 2.65. The highest BCUT2D eigenvalue weighted by atomic mass is 32.2. The maximum atomic E-state index is 13.5. The van der Waals surface area contributed by atoms with Gasteiger partial charge in [-0.25, -0.2) is 8.42 Å². The van der Waals surface area contributed by atoms with Crippen LogP contribution in [0.3, 0.4) is 0 Å². The van der Waals surface area contributed by atoms with Gasteiger partial charge in [0.15, 0.2) is 24.8 Å². The largest absolute Gasteiger partial charge is 0.743 e. The van der Waals surface area contributed by atoms with E-state index in [4.69, 9.17) is 9.47 Å². The third-order valence-electron chi connectivity index (χ3n) is 10.7. The molecule has 15 heteroatoms. The lowest BCUT2D eigenvalue weighted by Gasteiger charge is -2.55. The quantitative estimate of drug-likeness (QED) is 0.0552. The molecule has 0 heterocycles. The molecule has 0 saturated heterocycles. The summed E-state index contributed by atoms with van der Waals surface area (Å²) in [5.74, 6) is -0.490. The Morgan fingerprint density at radius 1 is 0.782 bits per heavy atom. The lowest BCUT2D eigenvalue weighted by molar-refractivity contribution is -0.266. The Labute approximate surface area is 321 Å². The minimum Gasteiger partial charge on any atom is -0.743 e. The second-order valence-corrected chi connectivity index (χ2v) is 18.6. The highest BCUT2D eigenvalue weighted by molar-refractivity contribution is 7.97. The molecule has 4 bridgehead atoms. The standard InChI is InChI=1S/C26H29O3S.C14H17F5O5S/c1-4-26(2,3)25(27)29-20-19-28-21-15-17-24(18-16-21)30(22-11-7-5-8-12-22)23-13-9-6-10-14-23;15-13(16,17)10(14(18,19)25(21,22)23)24-11(20)12-4-7-1-8(5-12)3-9(2-7)6-12/h5-18H,4,19-20H2,1-3H3;7-10H,1-6H2,(H,21,22,23)/q+1;/p-1. The molecule has 0 amide bonds. The monoisotopic (exact) mass is 812 g/mol. The topological polar surface area (TPSA) is 119 Å². The van der Waals surface area contributed by atoms with E-state index in [0.717, 1.165) is 31.4 Å². The van der Waals surface area contributed by atoms with Crippen LogP contribution in [0.1, 0.15) is 65.7 Å². The summed E-state index contributed by atoms with van der Waals surface area (Å²) >= 11 is 0. The molecule has 300 valence electrons. The van der Waals surface area contributed by atoms with Crippen LogP contribution in [0.4, 0.5) is 22.0 Å². The van der Waals surface area contributed by atoms with Gasteiger partial charge >= 0.3 is 23.4 Å². The number of benzene rings is 3. The van der Waals surface area contributed by atoms with Gasteiger partial charge in [-0.2, -0.15) is 22.0 Å². The van der Waals surface area contributed by atoms with Crippen LogP contribution in [0.2, 0.25) is 0 Å². The average molecular weight is 813 g/mol. The molecular weight excluding hydrogens is 768 g/mol. The molecule has 4 aliphatic rings. The van der Waals surface area contributed by atoms with E-state index >= 15 is 0 Å². The molecule has 3 aromatic rings. The van der Waals surface area contributed by atoms with Gasteiger partial charge in [0.1, 0.15) is 19.0 Å². The minimum absolute atomic E-state index is 0.131. The number of alkyl halides is 5. The van der Waals surface area contributed by atoms with Crippen LogP contribution in [0.25, 0.3) is 0 Å². The number of carbonyl (C=O) groups is 2. The van der Waals surface area contributed by atoms with Crippen LogP contribution < -0.4 is 4.74 Å². The number of ether oxygens (including phenoxy) is 3. The maximum Gasteiger partial charge on any atom is 0.432 e. The number of esters is 2. The summed E-state index contributed by atoms with van der Waals surface area (Å²) in [6, 6.07) is 29.3. The molecule has 3 aromatic carbocycles. The normalized spacial score (nSPS) is 22.7. The van der Waals surface area contributed by atoms with Gasteiger partial charge in [-0.1, -0.05) is 43.3 Å². The smallest absolute Gasteiger partial charge is 0.432 e. The molecule has 8 nitrogen and oxygen atoms in total. The molecule has 1 unspecified atom stereocenters. The molecular formula is C40H45F5O8S2. The van der Waals surface area contributed by atoms with Gasteiger partial charge in [-0.05, 0) is 125 Å². The van der Waals surface area contributed by atoms with E-state index in [1.165, 1.54) is 14.7 Å². The second-order valence-electron chi connectivity index (χ2n) is 15.2. The zero-order valence-electron chi connectivity index (χ0n) is 30.7. The second kappa shape index (κ2) is 16.8. The third-order valence-corrected chi connectivity index (χ3v) is 13.8. The van der Waals surface area contributed by atoms with E-state index in [1.54, 1.807) is 0 Å². The Morgan fingerprint density at radius 3 is 1.65 bits per heavy atom. The number of hydrogen-bond donors (Lipinski definition) is 0. The lowest BCUT2D eigenvalue weighted by Crippen LogP contribution is -2.56. The molecule has 4 fully saturated rings. The minimum atomic E-state index is -6.67. The Balaban J connectivity index is 0.000000214. The Bertz CT molecular complexity index is 1800. The molecule has 4 saturated carbocycles. The van der Waals surface area contributed by atoms with Crippen molar-refractivity contribution in [3.05, 3.63) is 84.9 Å². The summed E-state index contributed by atoms with van der Waals surface area (Å²) in [4.78, 5) is 28.2. The van der Waals surface area contributed by atoms with Crippen LogP contribution in [0.5, 0.6) is 5.75 Å². The first-order valence-corrected chi connectivity index (χ1v) is 20.7. The number of carbonyl (C=O) groups excluding carboxylic acids is 2. The molecule has 55 heavy (non-hydrogen) atoms. The van der Waals surface area contributed by atoms with E-state index in [2.05, 4.69) is 65.4 Å². The first-order valence-electron chi connectivity index (χ1n) is 18.1. The maximum absolute atomic E-state index is 13.5. The molecule has 0 aromatic heterocycles. The Kier molecular flexibility index (Phi) is 13.0. The first-order chi connectivity index (χ1) is 25.8. The summed E-state index contributed by atoms with van der Waals surface area (Å²) in [5.41, 5.74) is -1.74.